The molecule has 0 aliphatic rings. The Labute approximate surface area is 75.0 Å². The minimum Gasteiger partial charge on any atom is -0.212 e. The lowest BCUT2D eigenvalue weighted by Crippen LogP contribution is -1.91. The van der Waals surface area contributed by atoms with Crippen LogP contribution in [0.25, 0.3) is 5.65 Å². The van der Waals surface area contributed by atoms with Crippen LogP contribution < -0.4 is 0 Å². The molecule has 0 bridgehead atoms. The smallest absolute Gasteiger partial charge is 0.157 e. The SMILES string of the molecule is Cc1nc2ccc(C)c(Cl)n2n1. The fourth-order valence-electron chi connectivity index (χ4n) is 1.12. The largest absolute Gasteiger partial charge is 0.212 e. The first-order valence-corrected chi connectivity index (χ1v) is 4.05. The van der Waals surface area contributed by atoms with Crippen LogP contribution in [-0.2, 0) is 0 Å². The number of nitrogens with zero attached hydrogens (tertiary/aromatic N) is 3. The molecule has 2 aromatic heterocycles. The molecule has 0 fully saturated rings. The molecule has 2 aromatic rings. The normalized spacial score (nSPS) is 10.9. The van der Waals surface area contributed by atoms with Crippen LogP contribution in [0.2, 0.25) is 5.15 Å². The van der Waals surface area contributed by atoms with Gasteiger partial charge in [-0.1, -0.05) is 17.7 Å². The molecule has 0 unspecified atom stereocenters. The van der Waals surface area contributed by atoms with Crippen molar-refractivity contribution in [2.75, 3.05) is 0 Å². The molecule has 62 valence electrons. The van der Waals surface area contributed by atoms with Crippen molar-refractivity contribution in [2.24, 2.45) is 0 Å². The highest BCUT2D eigenvalue weighted by Crippen LogP contribution is 2.15. The van der Waals surface area contributed by atoms with Gasteiger partial charge in [0.15, 0.2) is 5.65 Å². The van der Waals surface area contributed by atoms with Gasteiger partial charge in [-0.15, -0.1) is 0 Å². The van der Waals surface area contributed by atoms with Crippen molar-refractivity contribution < 1.29 is 0 Å². The molecule has 0 amide bonds. The van der Waals surface area contributed by atoms with E-state index in [1.54, 1.807) is 4.52 Å². The van der Waals surface area contributed by atoms with E-state index in [1.807, 2.05) is 26.0 Å². The Bertz CT molecular complexity index is 433. The van der Waals surface area contributed by atoms with E-state index in [4.69, 9.17) is 11.6 Å². The number of hydrogen-bond donors (Lipinski definition) is 0. The van der Waals surface area contributed by atoms with Crippen LogP contribution in [0.5, 0.6) is 0 Å². The summed E-state index contributed by atoms with van der Waals surface area (Å²) in [6.45, 7) is 3.79. The second-order valence-corrected chi connectivity index (χ2v) is 3.09. The maximum atomic E-state index is 6.00. The number of fused-ring (bicyclic) bond motifs is 1. The molecule has 0 spiro atoms. The number of aromatic nitrogens is 3. The predicted molar refractivity (Wildman–Crippen MR) is 47.5 cm³/mol. The zero-order chi connectivity index (χ0) is 8.72. The van der Waals surface area contributed by atoms with Crippen LogP contribution in [-0.4, -0.2) is 14.6 Å². The maximum absolute atomic E-state index is 6.00. The number of rotatable bonds is 0. The van der Waals surface area contributed by atoms with Crippen molar-refractivity contribution in [3.05, 3.63) is 28.7 Å². The quantitative estimate of drug-likeness (QED) is 0.582. The van der Waals surface area contributed by atoms with Crippen molar-refractivity contribution in [2.45, 2.75) is 13.8 Å². The average molecular weight is 182 g/mol. The minimum absolute atomic E-state index is 0.633. The van der Waals surface area contributed by atoms with Gasteiger partial charge in [-0.05, 0) is 25.5 Å². The first-order chi connectivity index (χ1) is 5.68. The standard InChI is InChI=1S/C8H8ClN3/c1-5-3-4-7-10-6(2)11-12(7)8(5)9/h3-4H,1-2H3. The number of pyridine rings is 1. The molecule has 0 saturated heterocycles. The second-order valence-electron chi connectivity index (χ2n) is 2.74. The molecule has 0 aliphatic heterocycles. The molecule has 3 nitrogen and oxygen atoms in total. The summed E-state index contributed by atoms with van der Waals surface area (Å²) in [5.74, 6) is 0.738. The van der Waals surface area contributed by atoms with Crippen molar-refractivity contribution in [1.29, 1.82) is 0 Å². The minimum atomic E-state index is 0.633. The van der Waals surface area contributed by atoms with Gasteiger partial charge in [0.05, 0.1) is 0 Å². The molecule has 0 saturated carbocycles. The molecule has 0 aliphatic carbocycles. The van der Waals surface area contributed by atoms with Crippen LogP contribution in [0.4, 0.5) is 0 Å². The van der Waals surface area contributed by atoms with Gasteiger partial charge in [0, 0.05) is 0 Å². The summed E-state index contributed by atoms with van der Waals surface area (Å²) in [7, 11) is 0. The molecular weight excluding hydrogens is 174 g/mol. The summed E-state index contributed by atoms with van der Waals surface area (Å²) >= 11 is 6.00. The zero-order valence-electron chi connectivity index (χ0n) is 6.87. The maximum Gasteiger partial charge on any atom is 0.157 e. The fourth-order valence-corrected chi connectivity index (χ4v) is 1.31. The molecular formula is C8H8ClN3. The topological polar surface area (TPSA) is 30.2 Å². The highest BCUT2D eigenvalue weighted by molar-refractivity contribution is 6.30. The highest BCUT2D eigenvalue weighted by Gasteiger charge is 2.04. The molecule has 0 atom stereocenters. The lowest BCUT2D eigenvalue weighted by Gasteiger charge is -1.97. The molecule has 2 rings (SSSR count). The summed E-state index contributed by atoms with van der Waals surface area (Å²) in [5, 5.41) is 4.78. The molecule has 12 heavy (non-hydrogen) atoms. The highest BCUT2D eigenvalue weighted by atomic mass is 35.5. The van der Waals surface area contributed by atoms with E-state index in [0.29, 0.717) is 5.15 Å². The van der Waals surface area contributed by atoms with Gasteiger partial charge in [0.25, 0.3) is 0 Å². The van der Waals surface area contributed by atoms with E-state index in [0.717, 1.165) is 17.0 Å². The number of hydrogen-bond acceptors (Lipinski definition) is 2. The molecule has 0 aromatic carbocycles. The van der Waals surface area contributed by atoms with Gasteiger partial charge in [-0.25, -0.2) is 9.50 Å². The average Bonchev–Trinajstić information content (AvgIpc) is 2.39. The van der Waals surface area contributed by atoms with Gasteiger partial charge in [-0.3, -0.25) is 0 Å². The van der Waals surface area contributed by atoms with E-state index in [9.17, 15) is 0 Å². The van der Waals surface area contributed by atoms with Crippen LogP contribution in [0.1, 0.15) is 11.4 Å². The van der Waals surface area contributed by atoms with E-state index < -0.39 is 0 Å². The Hall–Kier alpha value is -1.09. The van der Waals surface area contributed by atoms with Gasteiger partial charge in [0.2, 0.25) is 0 Å². The number of aryl methyl sites for hydroxylation is 2. The Morgan fingerprint density at radius 2 is 2.08 bits per heavy atom. The molecule has 4 heteroatoms. The van der Waals surface area contributed by atoms with E-state index in [-0.39, 0.29) is 0 Å². The summed E-state index contributed by atoms with van der Waals surface area (Å²) < 4.78 is 1.65. The molecule has 0 N–H and O–H groups in total. The Kier molecular flexibility index (Phi) is 1.54. The Balaban J connectivity index is 2.89. The van der Waals surface area contributed by atoms with Gasteiger partial charge in [0.1, 0.15) is 11.0 Å². The van der Waals surface area contributed by atoms with Crippen molar-refractivity contribution in [3.63, 3.8) is 0 Å². The van der Waals surface area contributed by atoms with Crippen molar-refractivity contribution in [1.82, 2.24) is 14.6 Å². The zero-order valence-corrected chi connectivity index (χ0v) is 7.63. The van der Waals surface area contributed by atoms with Crippen LogP contribution >= 0.6 is 11.6 Å². The van der Waals surface area contributed by atoms with Gasteiger partial charge >= 0.3 is 0 Å². The Morgan fingerprint density at radius 1 is 1.33 bits per heavy atom. The fraction of sp³-hybridized carbons (Fsp3) is 0.250. The molecule has 2 heterocycles. The second kappa shape index (κ2) is 2.45. The summed E-state index contributed by atoms with van der Waals surface area (Å²) in [6, 6.07) is 3.84. The van der Waals surface area contributed by atoms with E-state index in [1.165, 1.54) is 0 Å². The number of halogens is 1. The van der Waals surface area contributed by atoms with Crippen LogP contribution in [0.3, 0.4) is 0 Å². The lowest BCUT2D eigenvalue weighted by atomic mass is 10.3. The van der Waals surface area contributed by atoms with E-state index in [2.05, 4.69) is 10.1 Å². The third-order valence-corrected chi connectivity index (χ3v) is 2.19. The van der Waals surface area contributed by atoms with Crippen LogP contribution in [0, 0.1) is 13.8 Å². The summed E-state index contributed by atoms with van der Waals surface area (Å²) in [6.07, 6.45) is 0. The third kappa shape index (κ3) is 0.975. The monoisotopic (exact) mass is 181 g/mol. The molecule has 0 radical (unpaired) electrons. The Morgan fingerprint density at radius 3 is 2.83 bits per heavy atom. The van der Waals surface area contributed by atoms with Crippen molar-refractivity contribution in [3.8, 4) is 0 Å². The summed E-state index contributed by atoms with van der Waals surface area (Å²) in [4.78, 5) is 4.18. The van der Waals surface area contributed by atoms with Gasteiger partial charge < -0.3 is 0 Å². The first kappa shape index (κ1) is 7.55. The lowest BCUT2D eigenvalue weighted by molar-refractivity contribution is 0.924. The first-order valence-electron chi connectivity index (χ1n) is 3.67. The predicted octanol–water partition coefficient (Wildman–Crippen LogP) is 2.00. The van der Waals surface area contributed by atoms with Crippen molar-refractivity contribution >= 4 is 17.2 Å². The summed E-state index contributed by atoms with van der Waals surface area (Å²) in [5.41, 5.74) is 1.80. The van der Waals surface area contributed by atoms with Crippen LogP contribution in [0.15, 0.2) is 12.1 Å². The van der Waals surface area contributed by atoms with E-state index >= 15 is 0 Å². The third-order valence-electron chi connectivity index (χ3n) is 1.73. The van der Waals surface area contributed by atoms with Gasteiger partial charge in [-0.2, -0.15) is 5.10 Å².